The van der Waals surface area contributed by atoms with Gasteiger partial charge in [-0.3, -0.25) is 4.90 Å². The molecule has 1 aliphatic heterocycles. The maximum Gasteiger partial charge on any atom is 0.251 e. The lowest BCUT2D eigenvalue weighted by Crippen LogP contribution is -2.38. The van der Waals surface area contributed by atoms with E-state index in [2.05, 4.69) is 4.90 Å². The normalized spacial score (nSPS) is 18.2. The highest BCUT2D eigenvalue weighted by atomic mass is 19.3. The number of aliphatic hydroxyl groups excluding tert-OH is 1. The first-order chi connectivity index (χ1) is 7.22. The molecule has 0 saturated carbocycles. The van der Waals surface area contributed by atoms with Gasteiger partial charge < -0.3 is 10.0 Å². The number of likely N-dealkylation sites (tertiary alicyclic amines) is 1. The Morgan fingerprint density at radius 2 is 1.87 bits per heavy atom. The van der Waals surface area contributed by atoms with Crippen LogP contribution in [0.2, 0.25) is 0 Å². The molecule has 1 saturated heterocycles. The molecule has 1 rings (SSSR count). The summed E-state index contributed by atoms with van der Waals surface area (Å²) in [4.78, 5) is 3.92. The molecular weight excluding hydrogens is 202 g/mol. The predicted molar refractivity (Wildman–Crippen MR) is 55.2 cm³/mol. The Balaban J connectivity index is 2.17. The molecule has 0 aromatic carbocycles. The van der Waals surface area contributed by atoms with Crippen molar-refractivity contribution in [3.8, 4) is 0 Å². The van der Waals surface area contributed by atoms with Crippen molar-refractivity contribution in [3.63, 3.8) is 0 Å². The highest BCUT2D eigenvalue weighted by Gasteiger charge is 2.15. The molecule has 15 heavy (non-hydrogen) atoms. The summed E-state index contributed by atoms with van der Waals surface area (Å²) in [6.45, 7) is 3.71. The largest absolute Gasteiger partial charge is 0.395 e. The first-order valence-corrected chi connectivity index (χ1v) is 5.56. The molecule has 1 fully saturated rings. The topological polar surface area (TPSA) is 26.7 Å². The standard InChI is InChI=1S/C10H20F2N2O/c11-10(12)9-14(7-8-15)6-5-13-3-1-2-4-13/h10,15H,1-9H2. The van der Waals surface area contributed by atoms with E-state index in [1.54, 1.807) is 4.90 Å². The minimum atomic E-state index is -2.31. The summed E-state index contributed by atoms with van der Waals surface area (Å²) in [5.74, 6) is 0. The molecule has 0 aromatic rings. The molecule has 3 nitrogen and oxygen atoms in total. The molecule has 0 radical (unpaired) electrons. The maximum atomic E-state index is 12.2. The van der Waals surface area contributed by atoms with Crippen LogP contribution in [0.5, 0.6) is 0 Å². The third kappa shape index (κ3) is 5.39. The average molecular weight is 222 g/mol. The lowest BCUT2D eigenvalue weighted by molar-refractivity contribution is 0.0736. The van der Waals surface area contributed by atoms with Crippen LogP contribution in [-0.2, 0) is 0 Å². The summed E-state index contributed by atoms with van der Waals surface area (Å²) >= 11 is 0. The molecule has 0 spiro atoms. The fourth-order valence-electron chi connectivity index (χ4n) is 1.92. The Kier molecular flexibility index (Phi) is 6.05. The van der Waals surface area contributed by atoms with E-state index < -0.39 is 6.43 Å². The van der Waals surface area contributed by atoms with Gasteiger partial charge in [0.1, 0.15) is 0 Å². The summed E-state index contributed by atoms with van der Waals surface area (Å²) in [6, 6.07) is 0. The molecule has 1 heterocycles. The number of halogens is 2. The SMILES string of the molecule is OCCN(CCN1CCCC1)CC(F)F. The smallest absolute Gasteiger partial charge is 0.251 e. The number of aliphatic hydroxyl groups is 1. The van der Waals surface area contributed by atoms with Crippen molar-refractivity contribution in [3.05, 3.63) is 0 Å². The Labute approximate surface area is 89.7 Å². The first kappa shape index (κ1) is 12.8. The van der Waals surface area contributed by atoms with Gasteiger partial charge in [-0.2, -0.15) is 0 Å². The molecule has 0 aromatic heterocycles. The van der Waals surface area contributed by atoms with E-state index >= 15 is 0 Å². The van der Waals surface area contributed by atoms with E-state index in [0.717, 1.165) is 19.6 Å². The van der Waals surface area contributed by atoms with Gasteiger partial charge in [-0.25, -0.2) is 8.78 Å². The zero-order valence-electron chi connectivity index (χ0n) is 9.04. The van der Waals surface area contributed by atoms with Crippen LogP contribution in [0.3, 0.4) is 0 Å². The minimum Gasteiger partial charge on any atom is -0.395 e. The fraction of sp³-hybridized carbons (Fsp3) is 1.00. The van der Waals surface area contributed by atoms with Gasteiger partial charge in [0, 0.05) is 19.6 Å². The van der Waals surface area contributed by atoms with Crippen LogP contribution < -0.4 is 0 Å². The molecule has 1 N–H and O–H groups in total. The first-order valence-electron chi connectivity index (χ1n) is 5.56. The van der Waals surface area contributed by atoms with E-state index in [1.807, 2.05) is 0 Å². The molecule has 5 heteroatoms. The summed E-state index contributed by atoms with van der Waals surface area (Å²) in [5.41, 5.74) is 0. The van der Waals surface area contributed by atoms with Gasteiger partial charge in [-0.05, 0) is 25.9 Å². The van der Waals surface area contributed by atoms with Gasteiger partial charge in [0.25, 0.3) is 6.43 Å². The van der Waals surface area contributed by atoms with Gasteiger partial charge in [0.15, 0.2) is 0 Å². The van der Waals surface area contributed by atoms with Crippen LogP contribution in [0.15, 0.2) is 0 Å². The third-order valence-electron chi connectivity index (χ3n) is 2.74. The van der Waals surface area contributed by atoms with Crippen LogP contribution in [0.4, 0.5) is 8.78 Å². The molecule has 90 valence electrons. The number of hydrogen-bond donors (Lipinski definition) is 1. The molecule has 0 atom stereocenters. The summed E-state index contributed by atoms with van der Waals surface area (Å²) in [7, 11) is 0. The molecule has 1 aliphatic rings. The third-order valence-corrected chi connectivity index (χ3v) is 2.74. The van der Waals surface area contributed by atoms with Crippen molar-refractivity contribution < 1.29 is 13.9 Å². The van der Waals surface area contributed by atoms with Gasteiger partial charge in [0.05, 0.1) is 13.2 Å². The fourth-order valence-corrected chi connectivity index (χ4v) is 1.92. The van der Waals surface area contributed by atoms with Crippen molar-refractivity contribution in [2.24, 2.45) is 0 Å². The van der Waals surface area contributed by atoms with Crippen LogP contribution >= 0.6 is 0 Å². The second-order valence-electron chi connectivity index (χ2n) is 3.96. The molecule has 0 bridgehead atoms. The number of alkyl halides is 2. The molecular formula is C10H20F2N2O. The molecule has 0 unspecified atom stereocenters. The van der Waals surface area contributed by atoms with Crippen LogP contribution in [0.1, 0.15) is 12.8 Å². The quantitative estimate of drug-likeness (QED) is 0.685. The van der Waals surface area contributed by atoms with Gasteiger partial charge >= 0.3 is 0 Å². The summed E-state index contributed by atoms with van der Waals surface area (Å²) < 4.78 is 24.3. The van der Waals surface area contributed by atoms with E-state index in [0.29, 0.717) is 13.1 Å². The zero-order chi connectivity index (χ0) is 11.1. The Hall–Kier alpha value is -0.260. The van der Waals surface area contributed by atoms with Gasteiger partial charge in [-0.15, -0.1) is 0 Å². The van der Waals surface area contributed by atoms with E-state index in [4.69, 9.17) is 5.11 Å². The van der Waals surface area contributed by atoms with Crippen LogP contribution in [0, 0.1) is 0 Å². The van der Waals surface area contributed by atoms with Gasteiger partial charge in [-0.1, -0.05) is 0 Å². The second-order valence-corrected chi connectivity index (χ2v) is 3.96. The summed E-state index contributed by atoms with van der Waals surface area (Å²) in [6.07, 6.45) is 0.124. The van der Waals surface area contributed by atoms with Crippen molar-refractivity contribution in [2.75, 3.05) is 45.9 Å². The van der Waals surface area contributed by atoms with E-state index in [9.17, 15) is 8.78 Å². The highest BCUT2D eigenvalue weighted by molar-refractivity contribution is 4.68. The molecule has 0 amide bonds. The van der Waals surface area contributed by atoms with Gasteiger partial charge in [0.2, 0.25) is 0 Å². The average Bonchev–Trinajstić information content (AvgIpc) is 2.66. The van der Waals surface area contributed by atoms with Crippen LogP contribution in [0.25, 0.3) is 0 Å². The van der Waals surface area contributed by atoms with Crippen molar-refractivity contribution in [2.45, 2.75) is 19.3 Å². The second kappa shape index (κ2) is 7.09. The Bertz CT molecular complexity index is 164. The zero-order valence-corrected chi connectivity index (χ0v) is 9.04. The monoisotopic (exact) mass is 222 g/mol. The number of nitrogens with zero attached hydrogens (tertiary/aromatic N) is 2. The van der Waals surface area contributed by atoms with Crippen molar-refractivity contribution >= 4 is 0 Å². The van der Waals surface area contributed by atoms with E-state index in [1.165, 1.54) is 12.8 Å². The number of hydrogen-bond acceptors (Lipinski definition) is 3. The van der Waals surface area contributed by atoms with E-state index in [-0.39, 0.29) is 13.2 Å². The number of rotatable bonds is 7. The van der Waals surface area contributed by atoms with Crippen LogP contribution in [-0.4, -0.2) is 67.2 Å². The summed E-state index contributed by atoms with van der Waals surface area (Å²) in [5, 5.41) is 8.74. The lowest BCUT2D eigenvalue weighted by atomic mass is 10.4. The Morgan fingerprint density at radius 3 is 2.40 bits per heavy atom. The maximum absolute atomic E-state index is 12.2. The Morgan fingerprint density at radius 1 is 1.20 bits per heavy atom. The molecule has 0 aliphatic carbocycles. The highest BCUT2D eigenvalue weighted by Crippen LogP contribution is 2.07. The lowest BCUT2D eigenvalue weighted by Gasteiger charge is -2.23. The minimum absolute atomic E-state index is 0.0489. The van der Waals surface area contributed by atoms with Crippen molar-refractivity contribution in [1.82, 2.24) is 9.80 Å². The van der Waals surface area contributed by atoms with Crippen molar-refractivity contribution in [1.29, 1.82) is 0 Å². The predicted octanol–water partition coefficient (Wildman–Crippen LogP) is 0.642.